The van der Waals surface area contributed by atoms with Gasteiger partial charge in [0.1, 0.15) is 0 Å². The van der Waals surface area contributed by atoms with Gasteiger partial charge >= 0.3 is 5.97 Å². The first-order valence-corrected chi connectivity index (χ1v) is 4.50. The number of hydrogen-bond acceptors (Lipinski definition) is 4. The van der Waals surface area contributed by atoms with Crippen molar-refractivity contribution in [3.63, 3.8) is 0 Å². The second kappa shape index (κ2) is 8.01. The van der Waals surface area contributed by atoms with Gasteiger partial charge in [0, 0.05) is 26.7 Å². The Morgan fingerprint density at radius 3 is 2.69 bits per heavy atom. The van der Waals surface area contributed by atoms with Gasteiger partial charge in [-0.1, -0.05) is 0 Å². The Balaban J connectivity index is 3.38. The lowest BCUT2D eigenvalue weighted by molar-refractivity contribution is -0.174. The maximum absolute atomic E-state index is 11.0. The van der Waals surface area contributed by atoms with Crippen molar-refractivity contribution in [1.29, 1.82) is 0 Å². The van der Waals surface area contributed by atoms with Gasteiger partial charge in [-0.15, -0.1) is 0 Å². The zero-order chi connectivity index (χ0) is 10.1. The maximum atomic E-state index is 11.0. The fourth-order valence-electron chi connectivity index (χ4n) is 0.874. The highest BCUT2D eigenvalue weighted by molar-refractivity contribution is 5.69. The number of hydrogen-bond donors (Lipinski definition) is 0. The predicted octanol–water partition coefficient (Wildman–Crippen LogP) is 1.34. The quantitative estimate of drug-likeness (QED) is 0.345. The summed E-state index contributed by atoms with van der Waals surface area (Å²) in [5, 5.41) is 0. The van der Waals surface area contributed by atoms with Crippen LogP contribution in [0.2, 0.25) is 0 Å². The molecule has 0 rings (SSSR count). The molecule has 0 bridgehead atoms. The van der Waals surface area contributed by atoms with Crippen molar-refractivity contribution in [2.75, 3.05) is 20.3 Å². The number of carbonyl (C=O) groups excluding carboxylic acids is 1. The number of methoxy groups -OCH3 is 1. The van der Waals surface area contributed by atoms with Crippen LogP contribution in [0.5, 0.6) is 0 Å². The van der Waals surface area contributed by atoms with Crippen LogP contribution in [0.25, 0.3) is 0 Å². The lowest BCUT2D eigenvalue weighted by Crippen LogP contribution is -2.18. The predicted molar refractivity (Wildman–Crippen MR) is 48.3 cm³/mol. The molecular weight excluding hydrogens is 172 g/mol. The maximum Gasteiger partial charge on any atom is 0.308 e. The fourth-order valence-corrected chi connectivity index (χ4v) is 0.874. The molecule has 0 aliphatic carbocycles. The summed E-state index contributed by atoms with van der Waals surface area (Å²) in [4.78, 5) is 11.0. The smallest absolute Gasteiger partial charge is 0.308 e. The van der Waals surface area contributed by atoms with Crippen molar-refractivity contribution in [2.45, 2.75) is 33.0 Å². The summed E-state index contributed by atoms with van der Waals surface area (Å²) < 4.78 is 14.8. The van der Waals surface area contributed by atoms with Crippen LogP contribution in [-0.2, 0) is 19.0 Å². The van der Waals surface area contributed by atoms with Crippen molar-refractivity contribution in [2.24, 2.45) is 0 Å². The van der Waals surface area contributed by atoms with Crippen LogP contribution in [0.3, 0.4) is 0 Å². The van der Waals surface area contributed by atoms with E-state index in [0.29, 0.717) is 26.1 Å². The summed E-state index contributed by atoms with van der Waals surface area (Å²) in [5.74, 6) is -0.238. The second-order valence-electron chi connectivity index (χ2n) is 2.61. The molecule has 0 amide bonds. The first-order valence-electron chi connectivity index (χ1n) is 4.50. The van der Waals surface area contributed by atoms with Crippen molar-refractivity contribution >= 4 is 5.97 Å². The largest absolute Gasteiger partial charge is 0.436 e. The van der Waals surface area contributed by atoms with Crippen molar-refractivity contribution in [1.82, 2.24) is 0 Å². The van der Waals surface area contributed by atoms with Crippen molar-refractivity contribution in [3.8, 4) is 0 Å². The van der Waals surface area contributed by atoms with E-state index in [1.54, 1.807) is 14.0 Å². The van der Waals surface area contributed by atoms with Gasteiger partial charge in [-0.25, -0.2) is 0 Å². The molecule has 4 heteroatoms. The van der Waals surface area contributed by atoms with Gasteiger partial charge in [-0.05, 0) is 20.3 Å². The molecule has 1 unspecified atom stereocenters. The van der Waals surface area contributed by atoms with Gasteiger partial charge in [0.25, 0.3) is 0 Å². The molecule has 0 radical (unpaired) electrons. The first kappa shape index (κ1) is 12.4. The zero-order valence-corrected chi connectivity index (χ0v) is 8.54. The molecule has 0 spiro atoms. The Kier molecular flexibility index (Phi) is 7.63. The monoisotopic (exact) mass is 190 g/mol. The molecule has 4 nitrogen and oxygen atoms in total. The van der Waals surface area contributed by atoms with E-state index < -0.39 is 6.29 Å². The molecule has 0 aromatic carbocycles. The highest BCUT2D eigenvalue weighted by Gasteiger charge is 2.07. The fraction of sp³-hybridized carbons (Fsp3) is 0.889. The van der Waals surface area contributed by atoms with Gasteiger partial charge in [0.05, 0.1) is 0 Å². The van der Waals surface area contributed by atoms with E-state index in [4.69, 9.17) is 14.2 Å². The van der Waals surface area contributed by atoms with Crippen LogP contribution in [0.15, 0.2) is 0 Å². The molecule has 1 atom stereocenters. The van der Waals surface area contributed by atoms with E-state index in [-0.39, 0.29) is 5.97 Å². The number of ether oxygens (including phenoxy) is 3. The summed E-state index contributed by atoms with van der Waals surface area (Å²) in [7, 11) is 1.61. The number of rotatable bonds is 7. The molecule has 13 heavy (non-hydrogen) atoms. The molecule has 0 aliphatic heterocycles. The first-order chi connectivity index (χ1) is 6.20. The minimum Gasteiger partial charge on any atom is -0.436 e. The summed E-state index contributed by atoms with van der Waals surface area (Å²) in [6.07, 6.45) is 0.624. The van der Waals surface area contributed by atoms with Crippen LogP contribution in [-0.4, -0.2) is 32.6 Å². The molecule has 0 N–H and O–H groups in total. The third-order valence-corrected chi connectivity index (χ3v) is 1.43. The van der Waals surface area contributed by atoms with Gasteiger partial charge < -0.3 is 14.2 Å². The van der Waals surface area contributed by atoms with Gasteiger partial charge in [-0.3, -0.25) is 4.79 Å². The molecular formula is C9H18O4. The highest BCUT2D eigenvalue weighted by Crippen LogP contribution is 1.99. The van der Waals surface area contributed by atoms with E-state index in [0.717, 1.165) is 0 Å². The average molecular weight is 190 g/mol. The van der Waals surface area contributed by atoms with Gasteiger partial charge in [0.2, 0.25) is 0 Å². The third kappa shape index (κ3) is 7.74. The lowest BCUT2D eigenvalue weighted by atomic mass is 10.3. The minimum absolute atomic E-state index is 0.238. The molecule has 0 heterocycles. The van der Waals surface area contributed by atoms with Crippen LogP contribution < -0.4 is 0 Å². The lowest BCUT2D eigenvalue weighted by Gasteiger charge is -2.12. The minimum atomic E-state index is -0.444. The van der Waals surface area contributed by atoms with E-state index in [1.807, 2.05) is 6.92 Å². The molecule has 0 fully saturated rings. The Hall–Kier alpha value is -0.610. The summed E-state index contributed by atoms with van der Waals surface area (Å²) >= 11 is 0. The third-order valence-electron chi connectivity index (χ3n) is 1.43. The van der Waals surface area contributed by atoms with Crippen LogP contribution in [0.1, 0.15) is 26.7 Å². The molecule has 78 valence electrons. The van der Waals surface area contributed by atoms with E-state index in [9.17, 15) is 4.79 Å². The zero-order valence-electron chi connectivity index (χ0n) is 8.54. The Bertz CT molecular complexity index is 136. The van der Waals surface area contributed by atoms with Crippen molar-refractivity contribution < 1.29 is 19.0 Å². The van der Waals surface area contributed by atoms with E-state index >= 15 is 0 Å². The molecule has 0 aromatic rings. The van der Waals surface area contributed by atoms with Crippen LogP contribution in [0.4, 0.5) is 0 Å². The Morgan fingerprint density at radius 2 is 2.15 bits per heavy atom. The molecule has 0 aliphatic rings. The van der Waals surface area contributed by atoms with Crippen LogP contribution in [0, 0.1) is 0 Å². The Labute approximate surface area is 79.2 Å². The Morgan fingerprint density at radius 1 is 1.46 bits per heavy atom. The number of esters is 1. The van der Waals surface area contributed by atoms with E-state index in [1.165, 1.54) is 0 Å². The van der Waals surface area contributed by atoms with Crippen molar-refractivity contribution in [3.05, 3.63) is 0 Å². The summed E-state index contributed by atoms with van der Waals surface area (Å²) in [5.41, 5.74) is 0. The summed E-state index contributed by atoms with van der Waals surface area (Å²) in [6.45, 7) is 4.69. The van der Waals surface area contributed by atoms with E-state index in [2.05, 4.69) is 0 Å². The summed E-state index contributed by atoms with van der Waals surface area (Å²) in [6, 6.07) is 0. The highest BCUT2D eigenvalue weighted by atomic mass is 16.7. The average Bonchev–Trinajstić information content (AvgIpc) is 2.05. The number of carbonyl (C=O) groups is 1. The normalized spacial score (nSPS) is 12.5. The molecule has 0 saturated carbocycles. The topological polar surface area (TPSA) is 44.8 Å². The van der Waals surface area contributed by atoms with Gasteiger partial charge in [0.15, 0.2) is 6.29 Å². The molecule has 0 saturated heterocycles. The standard InChI is InChI=1S/C9H18O4/c1-4-12-8(2)13-9(10)6-5-7-11-3/h8H,4-7H2,1-3H3. The van der Waals surface area contributed by atoms with Crippen LogP contribution >= 0.6 is 0 Å². The SMILES string of the molecule is CCOC(C)OC(=O)CCCOC. The van der Waals surface area contributed by atoms with Gasteiger partial charge in [-0.2, -0.15) is 0 Å². The second-order valence-corrected chi connectivity index (χ2v) is 2.61. The molecule has 0 aromatic heterocycles.